The number of carbonyl (C=O) groups is 3. The van der Waals surface area contributed by atoms with E-state index in [1.165, 1.54) is 19.3 Å². The van der Waals surface area contributed by atoms with Crippen molar-refractivity contribution in [2.45, 2.75) is 162 Å². The molecular formula is C29H54O5. The highest BCUT2D eigenvalue weighted by Crippen LogP contribution is 2.25. The highest BCUT2D eigenvalue weighted by molar-refractivity contribution is 5.78. The fourth-order valence-electron chi connectivity index (χ4n) is 4.54. The van der Waals surface area contributed by atoms with Crippen molar-refractivity contribution in [3.8, 4) is 0 Å². The third-order valence-corrected chi connectivity index (χ3v) is 6.61. The van der Waals surface area contributed by atoms with Crippen molar-refractivity contribution in [3.05, 3.63) is 0 Å². The molecule has 34 heavy (non-hydrogen) atoms. The first-order valence-corrected chi connectivity index (χ1v) is 14.4. The Balaban J connectivity index is 4.67. The van der Waals surface area contributed by atoms with Crippen LogP contribution in [0.3, 0.4) is 0 Å². The molecule has 0 saturated carbocycles. The number of rotatable bonds is 25. The Bertz CT molecular complexity index is 517. The quantitative estimate of drug-likeness (QED) is 0.104. The number of hydrogen-bond acceptors (Lipinski definition) is 4. The van der Waals surface area contributed by atoms with Crippen LogP contribution in [0.2, 0.25) is 0 Å². The number of ketones is 1. The van der Waals surface area contributed by atoms with Gasteiger partial charge in [0.1, 0.15) is 11.9 Å². The van der Waals surface area contributed by atoms with E-state index in [1.807, 2.05) is 6.92 Å². The minimum Gasteiger partial charge on any atom is -0.481 e. The van der Waals surface area contributed by atoms with Crippen molar-refractivity contribution >= 4 is 17.7 Å². The standard InChI is InChI=1S/C29H54O5/c1-4-7-9-15-19-27(34-29(33)21-13-8-5-2)23-22-25(24-26(30)17-6-3)18-14-11-10-12-16-20-28(31)32/h25,27H,4-24H2,1-3H3,(H,31,32). The van der Waals surface area contributed by atoms with Gasteiger partial charge < -0.3 is 9.84 Å². The molecule has 0 aliphatic heterocycles. The molecule has 0 saturated heterocycles. The van der Waals surface area contributed by atoms with Crippen molar-refractivity contribution in [1.29, 1.82) is 0 Å². The Labute approximate surface area is 209 Å². The van der Waals surface area contributed by atoms with E-state index in [0.717, 1.165) is 89.9 Å². The van der Waals surface area contributed by atoms with Gasteiger partial charge in [0.2, 0.25) is 0 Å². The maximum Gasteiger partial charge on any atom is 0.306 e. The van der Waals surface area contributed by atoms with E-state index in [-0.39, 0.29) is 18.5 Å². The minimum absolute atomic E-state index is 0.0224. The molecule has 2 unspecified atom stereocenters. The SMILES string of the molecule is CCCCCCC(CCC(CCCCCCCC(=O)O)CC(=O)CCC)OC(=O)CCCCC. The van der Waals surface area contributed by atoms with Crippen LogP contribution in [0.15, 0.2) is 0 Å². The monoisotopic (exact) mass is 482 g/mol. The predicted molar refractivity (Wildman–Crippen MR) is 140 cm³/mol. The fourth-order valence-corrected chi connectivity index (χ4v) is 4.54. The summed E-state index contributed by atoms with van der Waals surface area (Å²) in [7, 11) is 0. The van der Waals surface area contributed by atoms with Crippen LogP contribution in [-0.2, 0) is 19.1 Å². The molecule has 5 nitrogen and oxygen atoms in total. The Morgan fingerprint density at radius 2 is 1.21 bits per heavy atom. The second kappa shape index (κ2) is 23.4. The molecule has 0 heterocycles. The summed E-state index contributed by atoms with van der Waals surface area (Å²) in [5.41, 5.74) is 0. The van der Waals surface area contributed by atoms with Gasteiger partial charge in [0, 0.05) is 25.7 Å². The summed E-state index contributed by atoms with van der Waals surface area (Å²) in [6.45, 7) is 6.39. The topological polar surface area (TPSA) is 80.7 Å². The Morgan fingerprint density at radius 1 is 0.618 bits per heavy atom. The number of ether oxygens (including phenoxy) is 1. The number of carboxylic acids is 1. The van der Waals surface area contributed by atoms with Crippen LogP contribution >= 0.6 is 0 Å². The van der Waals surface area contributed by atoms with Crippen molar-refractivity contribution in [2.75, 3.05) is 0 Å². The van der Waals surface area contributed by atoms with Crippen LogP contribution in [0.4, 0.5) is 0 Å². The van der Waals surface area contributed by atoms with Gasteiger partial charge >= 0.3 is 11.9 Å². The molecular weight excluding hydrogens is 428 g/mol. The molecule has 0 spiro atoms. The smallest absolute Gasteiger partial charge is 0.306 e. The number of unbranched alkanes of at least 4 members (excludes halogenated alkanes) is 9. The van der Waals surface area contributed by atoms with E-state index in [0.29, 0.717) is 31.0 Å². The number of Topliss-reactive ketones (excluding diaryl/α,β-unsaturated/α-hetero) is 1. The molecule has 1 N–H and O–H groups in total. The van der Waals surface area contributed by atoms with Gasteiger partial charge in [0.25, 0.3) is 0 Å². The molecule has 0 fully saturated rings. The van der Waals surface area contributed by atoms with E-state index in [1.54, 1.807) is 0 Å². The molecule has 200 valence electrons. The summed E-state index contributed by atoms with van der Waals surface area (Å²) in [6.07, 6.45) is 19.4. The van der Waals surface area contributed by atoms with E-state index in [4.69, 9.17) is 9.84 Å². The van der Waals surface area contributed by atoms with Gasteiger partial charge in [-0.2, -0.15) is 0 Å². The summed E-state index contributed by atoms with van der Waals surface area (Å²) in [6, 6.07) is 0. The third kappa shape index (κ3) is 21.2. The molecule has 0 bridgehead atoms. The van der Waals surface area contributed by atoms with Crippen LogP contribution in [0, 0.1) is 5.92 Å². The molecule has 0 aliphatic rings. The molecule has 0 aromatic carbocycles. The summed E-state index contributed by atoms with van der Waals surface area (Å²) >= 11 is 0. The van der Waals surface area contributed by atoms with Crippen molar-refractivity contribution in [2.24, 2.45) is 5.92 Å². The van der Waals surface area contributed by atoms with Crippen molar-refractivity contribution in [3.63, 3.8) is 0 Å². The van der Waals surface area contributed by atoms with E-state index >= 15 is 0 Å². The molecule has 0 radical (unpaired) electrons. The average molecular weight is 483 g/mol. The minimum atomic E-state index is -0.718. The van der Waals surface area contributed by atoms with Crippen LogP contribution in [-0.4, -0.2) is 28.9 Å². The maximum atomic E-state index is 12.4. The van der Waals surface area contributed by atoms with Gasteiger partial charge in [-0.15, -0.1) is 0 Å². The average Bonchev–Trinajstić information content (AvgIpc) is 2.79. The zero-order valence-electron chi connectivity index (χ0n) is 22.6. The van der Waals surface area contributed by atoms with Crippen LogP contribution in [0.1, 0.15) is 156 Å². The van der Waals surface area contributed by atoms with Gasteiger partial charge in [-0.3, -0.25) is 14.4 Å². The molecule has 0 aromatic rings. The van der Waals surface area contributed by atoms with Gasteiger partial charge in [-0.05, 0) is 50.9 Å². The van der Waals surface area contributed by atoms with Crippen LogP contribution < -0.4 is 0 Å². The lowest BCUT2D eigenvalue weighted by atomic mass is 9.88. The van der Waals surface area contributed by atoms with Crippen LogP contribution in [0.25, 0.3) is 0 Å². The van der Waals surface area contributed by atoms with Crippen LogP contribution in [0.5, 0.6) is 0 Å². The lowest BCUT2D eigenvalue weighted by Gasteiger charge is -2.22. The highest BCUT2D eigenvalue weighted by atomic mass is 16.5. The summed E-state index contributed by atoms with van der Waals surface area (Å²) < 4.78 is 5.90. The molecule has 0 aliphatic carbocycles. The van der Waals surface area contributed by atoms with Gasteiger partial charge in [-0.1, -0.05) is 85.0 Å². The summed E-state index contributed by atoms with van der Waals surface area (Å²) in [5.74, 6) is -0.0706. The predicted octanol–water partition coefficient (Wildman–Crippen LogP) is 8.42. The highest BCUT2D eigenvalue weighted by Gasteiger charge is 2.19. The molecule has 5 heteroatoms. The Hall–Kier alpha value is -1.39. The third-order valence-electron chi connectivity index (χ3n) is 6.61. The summed E-state index contributed by atoms with van der Waals surface area (Å²) in [5, 5.41) is 8.75. The second-order valence-electron chi connectivity index (χ2n) is 10.1. The number of aliphatic carboxylic acids is 1. The molecule has 0 amide bonds. The first kappa shape index (κ1) is 32.6. The number of carbonyl (C=O) groups excluding carboxylic acids is 2. The van der Waals surface area contributed by atoms with Crippen molar-refractivity contribution in [1.82, 2.24) is 0 Å². The number of carboxylic acid groups (broad SMARTS) is 1. The van der Waals surface area contributed by atoms with Crippen molar-refractivity contribution < 1.29 is 24.2 Å². The lowest BCUT2D eigenvalue weighted by Crippen LogP contribution is -2.20. The molecule has 2 atom stereocenters. The normalized spacial score (nSPS) is 12.9. The van der Waals surface area contributed by atoms with E-state index in [2.05, 4.69) is 13.8 Å². The first-order chi connectivity index (χ1) is 16.4. The van der Waals surface area contributed by atoms with Gasteiger partial charge in [-0.25, -0.2) is 0 Å². The number of hydrogen-bond donors (Lipinski definition) is 1. The Morgan fingerprint density at radius 3 is 1.88 bits per heavy atom. The zero-order valence-corrected chi connectivity index (χ0v) is 22.6. The second-order valence-corrected chi connectivity index (χ2v) is 10.1. The maximum absolute atomic E-state index is 12.4. The molecule has 0 aromatic heterocycles. The lowest BCUT2D eigenvalue weighted by molar-refractivity contribution is -0.150. The van der Waals surface area contributed by atoms with Gasteiger partial charge in [0.05, 0.1) is 0 Å². The zero-order chi connectivity index (χ0) is 25.4. The van der Waals surface area contributed by atoms with E-state index in [9.17, 15) is 14.4 Å². The number of esters is 1. The fraction of sp³-hybridized carbons (Fsp3) is 0.897. The largest absolute Gasteiger partial charge is 0.481 e. The first-order valence-electron chi connectivity index (χ1n) is 14.4. The van der Waals surface area contributed by atoms with E-state index < -0.39 is 5.97 Å². The van der Waals surface area contributed by atoms with Gasteiger partial charge in [0.15, 0.2) is 0 Å². The molecule has 0 rings (SSSR count). The summed E-state index contributed by atoms with van der Waals surface area (Å²) in [4.78, 5) is 35.3. The Kier molecular flexibility index (Phi) is 22.4.